The van der Waals surface area contributed by atoms with Crippen LogP contribution >= 0.6 is 0 Å². The molecule has 0 saturated carbocycles. The molecule has 0 bridgehead atoms. The molecule has 0 saturated heterocycles. The van der Waals surface area contributed by atoms with Crippen molar-refractivity contribution in [1.82, 2.24) is 9.55 Å². The van der Waals surface area contributed by atoms with Gasteiger partial charge >= 0.3 is 0 Å². The van der Waals surface area contributed by atoms with Crippen molar-refractivity contribution < 1.29 is 0 Å². The van der Waals surface area contributed by atoms with Gasteiger partial charge in [0.15, 0.2) is 0 Å². The van der Waals surface area contributed by atoms with Crippen molar-refractivity contribution in [3.8, 4) is 0 Å². The van der Waals surface area contributed by atoms with E-state index in [9.17, 15) is 0 Å². The third kappa shape index (κ3) is 2.25. The van der Waals surface area contributed by atoms with Crippen LogP contribution in [-0.2, 0) is 13.5 Å². The molecule has 2 aromatic rings. The molecule has 0 spiro atoms. The van der Waals surface area contributed by atoms with E-state index in [2.05, 4.69) is 17.1 Å². The highest BCUT2D eigenvalue weighted by Crippen LogP contribution is 2.14. The number of imidazole rings is 1. The lowest BCUT2D eigenvalue weighted by Crippen LogP contribution is -2.16. The van der Waals surface area contributed by atoms with Crippen molar-refractivity contribution in [2.24, 2.45) is 12.8 Å². The first-order valence-corrected chi connectivity index (χ1v) is 5.03. The first-order chi connectivity index (χ1) is 7.27. The zero-order chi connectivity index (χ0) is 10.7. The topological polar surface area (TPSA) is 43.8 Å². The molecule has 1 aromatic heterocycles. The average Bonchev–Trinajstić information content (AvgIpc) is 2.66. The lowest BCUT2D eigenvalue weighted by atomic mass is 10.0. The van der Waals surface area contributed by atoms with Crippen molar-refractivity contribution >= 4 is 0 Å². The minimum absolute atomic E-state index is 0.0138. The fraction of sp³-hybridized carbons (Fsp3) is 0.250. The molecule has 0 amide bonds. The van der Waals surface area contributed by atoms with Crippen molar-refractivity contribution in [2.75, 3.05) is 0 Å². The lowest BCUT2D eigenvalue weighted by Gasteiger charge is -2.11. The zero-order valence-corrected chi connectivity index (χ0v) is 8.80. The Balaban J connectivity index is 2.11. The van der Waals surface area contributed by atoms with Crippen LogP contribution in [0.4, 0.5) is 0 Å². The Morgan fingerprint density at radius 2 is 2.07 bits per heavy atom. The highest BCUT2D eigenvalue weighted by Gasteiger charge is 2.09. The van der Waals surface area contributed by atoms with Gasteiger partial charge in [0.2, 0.25) is 0 Å². The molecule has 3 nitrogen and oxygen atoms in total. The van der Waals surface area contributed by atoms with E-state index < -0.39 is 0 Å². The van der Waals surface area contributed by atoms with Crippen LogP contribution in [0, 0.1) is 0 Å². The smallest absolute Gasteiger partial charge is 0.0946 e. The predicted molar refractivity (Wildman–Crippen MR) is 60.3 cm³/mol. The maximum Gasteiger partial charge on any atom is 0.0946 e. The first-order valence-electron chi connectivity index (χ1n) is 5.03. The monoisotopic (exact) mass is 201 g/mol. The Morgan fingerprint density at radius 3 is 2.67 bits per heavy atom. The average molecular weight is 201 g/mol. The maximum absolute atomic E-state index is 6.11. The second kappa shape index (κ2) is 4.28. The van der Waals surface area contributed by atoms with Gasteiger partial charge in [-0.15, -0.1) is 0 Å². The van der Waals surface area contributed by atoms with Gasteiger partial charge in [0, 0.05) is 13.2 Å². The molecule has 0 fully saturated rings. The van der Waals surface area contributed by atoms with Crippen LogP contribution in [0.15, 0.2) is 42.9 Å². The van der Waals surface area contributed by atoms with E-state index in [-0.39, 0.29) is 6.04 Å². The summed E-state index contributed by atoms with van der Waals surface area (Å²) in [7, 11) is 1.97. The molecule has 3 heteroatoms. The van der Waals surface area contributed by atoms with Crippen LogP contribution in [0.3, 0.4) is 0 Å². The summed E-state index contributed by atoms with van der Waals surface area (Å²) in [5.74, 6) is 0. The fourth-order valence-electron chi connectivity index (χ4n) is 1.70. The van der Waals surface area contributed by atoms with E-state index >= 15 is 0 Å². The molecule has 2 rings (SSSR count). The summed E-state index contributed by atoms with van der Waals surface area (Å²) in [4.78, 5) is 4.07. The Morgan fingerprint density at radius 1 is 1.33 bits per heavy atom. The van der Waals surface area contributed by atoms with Crippen LogP contribution in [0.1, 0.15) is 17.3 Å². The van der Waals surface area contributed by atoms with Gasteiger partial charge in [0.1, 0.15) is 0 Å². The first kappa shape index (κ1) is 9.93. The molecule has 0 aliphatic carbocycles. The summed E-state index contributed by atoms with van der Waals surface area (Å²) in [6.07, 6.45) is 4.45. The van der Waals surface area contributed by atoms with Crippen molar-refractivity contribution in [3.63, 3.8) is 0 Å². The summed E-state index contributed by atoms with van der Waals surface area (Å²) in [6.45, 7) is 0. The number of hydrogen-bond acceptors (Lipinski definition) is 2. The Kier molecular flexibility index (Phi) is 2.83. The third-order valence-corrected chi connectivity index (χ3v) is 2.53. The van der Waals surface area contributed by atoms with Crippen molar-refractivity contribution in [2.45, 2.75) is 12.5 Å². The minimum atomic E-state index is 0.0138. The number of nitrogens with two attached hydrogens (primary N) is 1. The molecule has 2 N–H and O–H groups in total. The number of benzene rings is 1. The van der Waals surface area contributed by atoms with E-state index in [1.165, 1.54) is 5.56 Å². The molecule has 0 aliphatic heterocycles. The number of hydrogen-bond donors (Lipinski definition) is 1. The largest absolute Gasteiger partial charge is 0.336 e. The Bertz CT molecular complexity index is 419. The lowest BCUT2D eigenvalue weighted by molar-refractivity contribution is 0.656. The highest BCUT2D eigenvalue weighted by molar-refractivity contribution is 5.18. The summed E-state index contributed by atoms with van der Waals surface area (Å²) >= 11 is 0. The van der Waals surface area contributed by atoms with Crippen LogP contribution in [0.2, 0.25) is 0 Å². The van der Waals surface area contributed by atoms with E-state index in [4.69, 9.17) is 5.73 Å². The SMILES string of the molecule is Cn1cncc1C(N)Cc1ccccc1. The maximum atomic E-state index is 6.11. The van der Waals surface area contributed by atoms with E-state index in [1.807, 2.05) is 36.0 Å². The van der Waals surface area contributed by atoms with Gasteiger partial charge in [-0.05, 0) is 12.0 Å². The molecule has 1 atom stereocenters. The molecule has 0 radical (unpaired) electrons. The Labute approximate surface area is 89.6 Å². The molecule has 1 heterocycles. The van der Waals surface area contributed by atoms with Crippen LogP contribution in [-0.4, -0.2) is 9.55 Å². The fourth-order valence-corrected chi connectivity index (χ4v) is 1.70. The second-order valence-electron chi connectivity index (χ2n) is 3.73. The van der Waals surface area contributed by atoms with E-state index in [0.717, 1.165) is 12.1 Å². The molecule has 1 aromatic carbocycles. The molecular weight excluding hydrogens is 186 g/mol. The van der Waals surface area contributed by atoms with Crippen molar-refractivity contribution in [3.05, 3.63) is 54.1 Å². The van der Waals surface area contributed by atoms with E-state index in [1.54, 1.807) is 6.33 Å². The third-order valence-electron chi connectivity index (χ3n) is 2.53. The summed E-state index contributed by atoms with van der Waals surface area (Å²) < 4.78 is 1.97. The molecule has 1 unspecified atom stereocenters. The predicted octanol–water partition coefficient (Wildman–Crippen LogP) is 1.66. The number of aromatic nitrogens is 2. The Hall–Kier alpha value is -1.61. The van der Waals surface area contributed by atoms with Gasteiger partial charge in [0.05, 0.1) is 18.1 Å². The summed E-state index contributed by atoms with van der Waals surface area (Å²) in [5, 5.41) is 0. The second-order valence-corrected chi connectivity index (χ2v) is 3.73. The van der Waals surface area contributed by atoms with Crippen LogP contribution in [0.25, 0.3) is 0 Å². The molecular formula is C12H15N3. The highest BCUT2D eigenvalue weighted by atomic mass is 15.0. The van der Waals surface area contributed by atoms with Gasteiger partial charge in [0.25, 0.3) is 0 Å². The van der Waals surface area contributed by atoms with Crippen LogP contribution in [0.5, 0.6) is 0 Å². The minimum Gasteiger partial charge on any atom is -0.336 e. The normalized spacial score (nSPS) is 12.7. The molecule has 0 aliphatic rings. The van der Waals surface area contributed by atoms with Gasteiger partial charge in [-0.3, -0.25) is 0 Å². The van der Waals surface area contributed by atoms with Gasteiger partial charge in [-0.2, -0.15) is 0 Å². The zero-order valence-electron chi connectivity index (χ0n) is 8.80. The van der Waals surface area contributed by atoms with Gasteiger partial charge in [-0.25, -0.2) is 4.98 Å². The van der Waals surface area contributed by atoms with E-state index in [0.29, 0.717) is 0 Å². The van der Waals surface area contributed by atoms with Gasteiger partial charge < -0.3 is 10.3 Å². The number of rotatable bonds is 3. The summed E-state index contributed by atoms with van der Waals surface area (Å²) in [5.41, 5.74) is 8.44. The number of nitrogens with zero attached hydrogens (tertiary/aromatic N) is 2. The van der Waals surface area contributed by atoms with Gasteiger partial charge in [-0.1, -0.05) is 30.3 Å². The van der Waals surface area contributed by atoms with Crippen LogP contribution < -0.4 is 5.73 Å². The number of aryl methyl sites for hydroxylation is 1. The summed E-state index contributed by atoms with van der Waals surface area (Å²) in [6, 6.07) is 10.3. The quantitative estimate of drug-likeness (QED) is 0.820. The molecule has 15 heavy (non-hydrogen) atoms. The molecule has 78 valence electrons. The van der Waals surface area contributed by atoms with Crippen molar-refractivity contribution in [1.29, 1.82) is 0 Å². The standard InChI is InChI=1S/C12H15N3/c1-15-9-14-8-12(15)11(13)7-10-5-3-2-4-6-10/h2-6,8-9,11H,7,13H2,1H3.